The van der Waals surface area contributed by atoms with Gasteiger partial charge in [-0.2, -0.15) is 0 Å². The molecule has 30 heavy (non-hydrogen) atoms. The Morgan fingerprint density at radius 2 is 1.80 bits per heavy atom. The summed E-state index contributed by atoms with van der Waals surface area (Å²) in [4.78, 5) is 14.9. The summed E-state index contributed by atoms with van der Waals surface area (Å²) in [5, 5.41) is 9.86. The van der Waals surface area contributed by atoms with Gasteiger partial charge in [0.05, 0.1) is 12.4 Å². The van der Waals surface area contributed by atoms with E-state index in [2.05, 4.69) is 21.7 Å². The first-order chi connectivity index (χ1) is 14.6. The fourth-order valence-corrected chi connectivity index (χ4v) is 5.67. The van der Waals surface area contributed by atoms with E-state index < -0.39 is 0 Å². The molecule has 2 aromatic rings. The lowest BCUT2D eigenvalue weighted by atomic mass is 9.85. The minimum atomic E-state index is -0.159. The van der Waals surface area contributed by atoms with Crippen molar-refractivity contribution in [3.8, 4) is 17.1 Å². The average Bonchev–Trinajstić information content (AvgIpc) is 3.44. The number of carbonyl (C=O) groups excluding carboxylic acids is 1. The Bertz CT molecular complexity index is 861. The third kappa shape index (κ3) is 4.36. The van der Waals surface area contributed by atoms with Crippen LogP contribution in [0.1, 0.15) is 58.4 Å². The standard InChI is InChI=1S/C23H32N4O2S/c1-16-8-4-5-9-20(16)27-21(18-10-12-19(29-3)13-11-18)24-25-23(27)30-17(2)22(28)26-14-6-7-15-26/h10-13,16-17,20H,4-9,14-15H2,1-3H3/t16-,17+,20+/m1/s1. The molecule has 1 amide bonds. The van der Waals surface area contributed by atoms with Crippen molar-refractivity contribution in [2.24, 2.45) is 5.92 Å². The molecule has 0 bridgehead atoms. The molecular weight excluding hydrogens is 396 g/mol. The van der Waals surface area contributed by atoms with E-state index >= 15 is 0 Å². The van der Waals surface area contributed by atoms with Crippen molar-refractivity contribution in [3.05, 3.63) is 24.3 Å². The Morgan fingerprint density at radius 3 is 2.47 bits per heavy atom. The molecule has 7 heteroatoms. The number of likely N-dealkylation sites (tertiary alicyclic amines) is 1. The summed E-state index contributed by atoms with van der Waals surface area (Å²) >= 11 is 1.56. The molecule has 0 unspecified atom stereocenters. The number of rotatable bonds is 6. The second-order valence-corrected chi connectivity index (χ2v) is 9.83. The largest absolute Gasteiger partial charge is 0.497 e. The maximum absolute atomic E-state index is 12.9. The molecule has 1 saturated heterocycles. The highest BCUT2D eigenvalue weighted by Crippen LogP contribution is 2.40. The van der Waals surface area contributed by atoms with Crippen LogP contribution in [-0.2, 0) is 4.79 Å². The fraction of sp³-hybridized carbons (Fsp3) is 0.609. The number of hydrogen-bond donors (Lipinski definition) is 0. The van der Waals surface area contributed by atoms with Crippen molar-refractivity contribution in [1.29, 1.82) is 0 Å². The third-order valence-corrected chi connectivity index (χ3v) is 7.50. The summed E-state index contributed by atoms with van der Waals surface area (Å²) in [6, 6.07) is 8.37. The Balaban J connectivity index is 1.65. The maximum atomic E-state index is 12.9. The highest BCUT2D eigenvalue weighted by Gasteiger charge is 2.31. The van der Waals surface area contributed by atoms with Crippen LogP contribution in [0.3, 0.4) is 0 Å². The minimum Gasteiger partial charge on any atom is -0.497 e. The lowest BCUT2D eigenvalue weighted by Crippen LogP contribution is -2.34. The Morgan fingerprint density at radius 1 is 1.10 bits per heavy atom. The normalized spacial score (nSPS) is 22.8. The van der Waals surface area contributed by atoms with E-state index in [0.29, 0.717) is 12.0 Å². The van der Waals surface area contributed by atoms with Crippen molar-refractivity contribution >= 4 is 17.7 Å². The van der Waals surface area contributed by atoms with Crippen LogP contribution in [0.2, 0.25) is 0 Å². The summed E-state index contributed by atoms with van der Waals surface area (Å²) in [5.41, 5.74) is 1.03. The van der Waals surface area contributed by atoms with Gasteiger partial charge in [-0.1, -0.05) is 31.5 Å². The van der Waals surface area contributed by atoms with Crippen molar-refractivity contribution in [3.63, 3.8) is 0 Å². The van der Waals surface area contributed by atoms with E-state index in [1.54, 1.807) is 18.9 Å². The smallest absolute Gasteiger partial charge is 0.235 e. The van der Waals surface area contributed by atoms with Crippen LogP contribution in [0.5, 0.6) is 5.75 Å². The summed E-state index contributed by atoms with van der Waals surface area (Å²) < 4.78 is 7.62. The molecule has 0 spiro atoms. The first-order valence-electron chi connectivity index (χ1n) is 11.1. The van der Waals surface area contributed by atoms with Gasteiger partial charge in [0.2, 0.25) is 5.91 Å². The van der Waals surface area contributed by atoms with Gasteiger partial charge in [-0.25, -0.2) is 0 Å². The zero-order valence-electron chi connectivity index (χ0n) is 18.2. The topological polar surface area (TPSA) is 60.3 Å². The van der Waals surface area contributed by atoms with E-state index in [1.165, 1.54) is 19.3 Å². The molecule has 162 valence electrons. The van der Waals surface area contributed by atoms with Gasteiger partial charge < -0.3 is 9.64 Å². The number of thioether (sulfide) groups is 1. The number of ether oxygens (including phenoxy) is 1. The summed E-state index contributed by atoms with van der Waals surface area (Å²) in [5.74, 6) is 2.50. The number of benzene rings is 1. The van der Waals surface area contributed by atoms with Gasteiger partial charge >= 0.3 is 0 Å². The van der Waals surface area contributed by atoms with Crippen molar-refractivity contribution in [1.82, 2.24) is 19.7 Å². The fourth-order valence-electron chi connectivity index (χ4n) is 4.68. The van der Waals surface area contributed by atoms with E-state index in [0.717, 1.165) is 54.6 Å². The van der Waals surface area contributed by atoms with Gasteiger partial charge in [-0.3, -0.25) is 9.36 Å². The van der Waals surface area contributed by atoms with E-state index in [1.807, 2.05) is 36.1 Å². The van der Waals surface area contributed by atoms with Gasteiger partial charge in [0, 0.05) is 24.7 Å². The van der Waals surface area contributed by atoms with E-state index in [9.17, 15) is 4.79 Å². The minimum absolute atomic E-state index is 0.159. The highest BCUT2D eigenvalue weighted by molar-refractivity contribution is 8.00. The Hall–Kier alpha value is -2.02. The quantitative estimate of drug-likeness (QED) is 0.618. The number of carbonyl (C=O) groups is 1. The van der Waals surface area contributed by atoms with Crippen LogP contribution in [0.15, 0.2) is 29.4 Å². The average molecular weight is 429 g/mol. The molecule has 2 heterocycles. The zero-order valence-corrected chi connectivity index (χ0v) is 19.0. The first kappa shape index (κ1) is 21.2. The lowest BCUT2D eigenvalue weighted by molar-refractivity contribution is -0.129. The predicted molar refractivity (Wildman–Crippen MR) is 120 cm³/mol. The first-order valence-corrected chi connectivity index (χ1v) is 12.0. The molecule has 1 aliphatic heterocycles. The SMILES string of the molecule is COc1ccc(-c2nnc(S[C@@H](C)C(=O)N3CCCC3)n2[C@H]2CCCC[C@H]2C)cc1. The molecule has 1 aliphatic carbocycles. The van der Waals surface area contributed by atoms with Gasteiger partial charge in [0.1, 0.15) is 5.75 Å². The number of amides is 1. The second-order valence-electron chi connectivity index (χ2n) is 8.53. The molecule has 4 rings (SSSR count). The molecule has 2 fully saturated rings. The molecule has 1 aromatic carbocycles. The molecule has 2 aliphatic rings. The van der Waals surface area contributed by atoms with Crippen LogP contribution in [-0.4, -0.2) is 51.0 Å². The van der Waals surface area contributed by atoms with E-state index in [4.69, 9.17) is 4.74 Å². The lowest BCUT2D eigenvalue weighted by Gasteiger charge is -2.32. The summed E-state index contributed by atoms with van der Waals surface area (Å²) in [6.07, 6.45) is 7.08. The molecule has 1 aromatic heterocycles. The number of nitrogens with zero attached hydrogens (tertiary/aromatic N) is 4. The number of aromatic nitrogens is 3. The van der Waals surface area contributed by atoms with Crippen LogP contribution in [0.4, 0.5) is 0 Å². The Labute approximate surface area is 183 Å². The van der Waals surface area contributed by atoms with Crippen LogP contribution < -0.4 is 4.74 Å². The second kappa shape index (κ2) is 9.41. The van der Waals surface area contributed by atoms with Gasteiger partial charge in [0.25, 0.3) is 0 Å². The maximum Gasteiger partial charge on any atom is 0.235 e. The summed E-state index contributed by atoms with van der Waals surface area (Å²) in [7, 11) is 1.68. The van der Waals surface area contributed by atoms with E-state index in [-0.39, 0.29) is 11.2 Å². The molecular formula is C23H32N4O2S. The summed E-state index contributed by atoms with van der Waals surface area (Å²) in [6.45, 7) is 6.09. The highest BCUT2D eigenvalue weighted by atomic mass is 32.2. The predicted octanol–water partition coefficient (Wildman–Crippen LogP) is 4.81. The van der Waals surface area contributed by atoms with Crippen molar-refractivity contribution in [2.45, 2.75) is 68.8 Å². The Kier molecular flexibility index (Phi) is 6.66. The van der Waals surface area contributed by atoms with Crippen molar-refractivity contribution in [2.75, 3.05) is 20.2 Å². The molecule has 0 radical (unpaired) electrons. The van der Waals surface area contributed by atoms with Gasteiger partial charge in [-0.15, -0.1) is 10.2 Å². The van der Waals surface area contributed by atoms with Crippen LogP contribution in [0, 0.1) is 5.92 Å². The molecule has 1 saturated carbocycles. The van der Waals surface area contributed by atoms with Gasteiger partial charge in [-0.05, 0) is 62.8 Å². The number of methoxy groups -OCH3 is 1. The monoisotopic (exact) mass is 428 g/mol. The third-order valence-electron chi connectivity index (χ3n) is 6.46. The van der Waals surface area contributed by atoms with Crippen LogP contribution in [0.25, 0.3) is 11.4 Å². The van der Waals surface area contributed by atoms with Crippen molar-refractivity contribution < 1.29 is 9.53 Å². The van der Waals surface area contributed by atoms with Gasteiger partial charge in [0.15, 0.2) is 11.0 Å². The molecule has 6 nitrogen and oxygen atoms in total. The molecule has 3 atom stereocenters. The molecule has 0 N–H and O–H groups in total. The van der Waals surface area contributed by atoms with Crippen LogP contribution >= 0.6 is 11.8 Å². The zero-order chi connectivity index (χ0) is 21.1. The number of hydrogen-bond acceptors (Lipinski definition) is 5.